The molecule has 0 bridgehead atoms. The zero-order valence-electron chi connectivity index (χ0n) is 15.8. The van der Waals surface area contributed by atoms with Crippen LogP contribution >= 0.6 is 0 Å². The molecule has 1 aliphatic heterocycles. The van der Waals surface area contributed by atoms with E-state index in [4.69, 9.17) is 5.10 Å². The summed E-state index contributed by atoms with van der Waals surface area (Å²) in [6.45, 7) is 2.44. The van der Waals surface area contributed by atoms with Gasteiger partial charge in [0.15, 0.2) is 0 Å². The molecule has 6 heteroatoms. The largest absolute Gasteiger partial charge is 0.340 e. The van der Waals surface area contributed by atoms with Crippen LogP contribution in [0.15, 0.2) is 72.9 Å². The van der Waals surface area contributed by atoms with Gasteiger partial charge in [-0.25, -0.2) is 9.37 Å². The van der Waals surface area contributed by atoms with Crippen LogP contribution in [-0.2, 0) is 13.1 Å². The summed E-state index contributed by atoms with van der Waals surface area (Å²) < 4.78 is 15.5. The van der Waals surface area contributed by atoms with Crippen LogP contribution in [0.5, 0.6) is 0 Å². The molecule has 0 saturated heterocycles. The molecule has 2 aromatic carbocycles. The normalized spacial score (nSPS) is 13.1. The van der Waals surface area contributed by atoms with Crippen molar-refractivity contribution in [2.24, 2.45) is 0 Å². The molecule has 2 N–H and O–H groups in total. The van der Waals surface area contributed by atoms with Gasteiger partial charge in [0, 0.05) is 36.1 Å². The summed E-state index contributed by atoms with van der Waals surface area (Å²) in [5, 5.41) is 11.6. The number of benzene rings is 2. The van der Waals surface area contributed by atoms with Crippen LogP contribution in [0, 0.1) is 5.82 Å². The van der Waals surface area contributed by atoms with Crippen molar-refractivity contribution in [2.75, 3.05) is 11.9 Å². The van der Waals surface area contributed by atoms with Crippen molar-refractivity contribution in [1.82, 2.24) is 20.1 Å². The minimum absolute atomic E-state index is 0.251. The predicted molar refractivity (Wildman–Crippen MR) is 112 cm³/mol. The molecule has 4 aromatic rings. The van der Waals surface area contributed by atoms with Gasteiger partial charge in [-0.15, -0.1) is 0 Å². The van der Waals surface area contributed by atoms with Crippen LogP contribution in [0.1, 0.15) is 5.69 Å². The number of pyridine rings is 1. The monoisotopic (exact) mass is 385 g/mol. The number of nitrogens with one attached hydrogen (secondary N) is 2. The summed E-state index contributed by atoms with van der Waals surface area (Å²) in [7, 11) is 0. The first-order chi connectivity index (χ1) is 14.3. The molecule has 2 aromatic heterocycles. The predicted octanol–water partition coefficient (Wildman–Crippen LogP) is 4.60. The number of rotatable bonds is 4. The fourth-order valence-electron chi connectivity index (χ4n) is 3.69. The molecule has 0 amide bonds. The Kier molecular flexibility index (Phi) is 4.54. The highest BCUT2D eigenvalue weighted by atomic mass is 19.1. The Morgan fingerprint density at radius 2 is 1.79 bits per heavy atom. The van der Waals surface area contributed by atoms with E-state index >= 15 is 0 Å². The molecule has 0 saturated carbocycles. The van der Waals surface area contributed by atoms with Crippen LogP contribution in [-0.4, -0.2) is 21.3 Å². The minimum Gasteiger partial charge on any atom is -0.340 e. The minimum atomic E-state index is -0.251. The van der Waals surface area contributed by atoms with E-state index in [1.165, 1.54) is 12.1 Å². The molecular formula is C23H20FN5. The lowest BCUT2D eigenvalue weighted by Crippen LogP contribution is -2.28. The number of aromatic nitrogens is 3. The van der Waals surface area contributed by atoms with E-state index < -0.39 is 0 Å². The summed E-state index contributed by atoms with van der Waals surface area (Å²) in [5.74, 6) is 0.515. The molecule has 0 unspecified atom stereocenters. The summed E-state index contributed by atoms with van der Waals surface area (Å²) in [6.07, 6.45) is 1.80. The first-order valence-electron chi connectivity index (χ1n) is 9.63. The molecule has 5 rings (SSSR count). The number of halogens is 1. The molecule has 144 valence electrons. The van der Waals surface area contributed by atoms with E-state index in [2.05, 4.69) is 20.3 Å². The molecular weight excluding hydrogens is 365 g/mol. The van der Waals surface area contributed by atoms with Gasteiger partial charge in [-0.1, -0.05) is 18.2 Å². The topological polar surface area (TPSA) is 54.8 Å². The maximum atomic E-state index is 13.5. The summed E-state index contributed by atoms with van der Waals surface area (Å²) in [6, 6.07) is 20.5. The third-order valence-electron chi connectivity index (χ3n) is 5.06. The first kappa shape index (κ1) is 17.6. The Morgan fingerprint density at radius 1 is 0.966 bits per heavy atom. The smallest absolute Gasteiger partial charge is 0.130 e. The highest BCUT2D eigenvalue weighted by Gasteiger charge is 2.22. The number of anilines is 2. The molecule has 0 radical (unpaired) electrons. The molecule has 0 aliphatic carbocycles. The molecule has 0 atom stereocenters. The van der Waals surface area contributed by atoms with Gasteiger partial charge in [0.25, 0.3) is 0 Å². The highest BCUT2D eigenvalue weighted by molar-refractivity contribution is 5.84. The van der Waals surface area contributed by atoms with Gasteiger partial charge >= 0.3 is 0 Å². The maximum absolute atomic E-state index is 13.5. The Bertz CT molecular complexity index is 1140. The van der Waals surface area contributed by atoms with Gasteiger partial charge in [-0.05, 0) is 54.1 Å². The van der Waals surface area contributed by atoms with Crippen molar-refractivity contribution in [3.63, 3.8) is 0 Å². The standard InChI is InChI=1S/C23H20FN5/c24-18-8-6-16(7-9-18)23-22(20-15-25-12-13-29(20)28-23)17-10-11-26-21(14-17)27-19-4-2-1-3-5-19/h1-11,14,25H,12-13,15H2,(H,26,27). The van der Waals surface area contributed by atoms with Crippen LogP contribution in [0.4, 0.5) is 15.9 Å². The zero-order chi connectivity index (χ0) is 19.6. The van der Waals surface area contributed by atoms with Crippen LogP contribution < -0.4 is 10.6 Å². The number of nitrogens with zero attached hydrogens (tertiary/aromatic N) is 3. The van der Waals surface area contributed by atoms with E-state index in [-0.39, 0.29) is 5.82 Å². The van der Waals surface area contributed by atoms with Crippen molar-refractivity contribution in [3.8, 4) is 22.4 Å². The first-order valence-corrected chi connectivity index (χ1v) is 9.63. The lowest BCUT2D eigenvalue weighted by Gasteiger charge is -2.16. The van der Waals surface area contributed by atoms with E-state index in [1.54, 1.807) is 18.3 Å². The Morgan fingerprint density at radius 3 is 2.62 bits per heavy atom. The summed E-state index contributed by atoms with van der Waals surface area (Å²) in [4.78, 5) is 4.47. The Labute approximate surface area is 168 Å². The molecule has 0 spiro atoms. The number of para-hydroxylation sites is 1. The number of hydrogen-bond donors (Lipinski definition) is 2. The highest BCUT2D eigenvalue weighted by Crippen LogP contribution is 2.36. The van der Waals surface area contributed by atoms with Crippen molar-refractivity contribution in [3.05, 3.63) is 84.4 Å². The van der Waals surface area contributed by atoms with Crippen molar-refractivity contribution >= 4 is 11.5 Å². The van der Waals surface area contributed by atoms with Gasteiger partial charge in [-0.2, -0.15) is 5.10 Å². The maximum Gasteiger partial charge on any atom is 0.130 e. The second-order valence-electron chi connectivity index (χ2n) is 7.00. The third kappa shape index (κ3) is 3.50. The fraction of sp³-hybridized carbons (Fsp3) is 0.130. The average Bonchev–Trinajstić information content (AvgIpc) is 3.15. The van der Waals surface area contributed by atoms with Crippen LogP contribution in [0.3, 0.4) is 0 Å². The van der Waals surface area contributed by atoms with Crippen molar-refractivity contribution in [2.45, 2.75) is 13.1 Å². The molecule has 1 aliphatic rings. The van der Waals surface area contributed by atoms with Gasteiger partial charge in [0.05, 0.1) is 12.2 Å². The van der Waals surface area contributed by atoms with Crippen molar-refractivity contribution < 1.29 is 4.39 Å². The number of hydrogen-bond acceptors (Lipinski definition) is 4. The molecule has 29 heavy (non-hydrogen) atoms. The van der Waals surface area contributed by atoms with E-state index in [0.717, 1.165) is 59.2 Å². The van der Waals surface area contributed by atoms with Gasteiger partial charge in [-0.3, -0.25) is 4.68 Å². The quantitative estimate of drug-likeness (QED) is 0.539. The van der Waals surface area contributed by atoms with Crippen molar-refractivity contribution in [1.29, 1.82) is 0 Å². The Balaban J connectivity index is 1.61. The second-order valence-corrected chi connectivity index (χ2v) is 7.00. The Hall–Kier alpha value is -3.51. The zero-order valence-corrected chi connectivity index (χ0v) is 15.8. The fourth-order valence-corrected chi connectivity index (χ4v) is 3.69. The summed E-state index contributed by atoms with van der Waals surface area (Å²) in [5.41, 5.74) is 5.96. The second kappa shape index (κ2) is 7.48. The van der Waals surface area contributed by atoms with Gasteiger partial charge in [0.2, 0.25) is 0 Å². The average molecular weight is 385 g/mol. The van der Waals surface area contributed by atoms with E-state index in [0.29, 0.717) is 0 Å². The van der Waals surface area contributed by atoms with Gasteiger partial charge in [0.1, 0.15) is 17.3 Å². The SMILES string of the molecule is Fc1ccc(-c2nn3c(c2-c2ccnc(Nc4ccccc4)c2)CNCC3)cc1. The number of fused-ring (bicyclic) bond motifs is 1. The lowest BCUT2D eigenvalue weighted by atomic mass is 9.99. The van der Waals surface area contributed by atoms with Crippen LogP contribution in [0.2, 0.25) is 0 Å². The molecule has 5 nitrogen and oxygen atoms in total. The van der Waals surface area contributed by atoms with Gasteiger partial charge < -0.3 is 10.6 Å². The molecule has 3 heterocycles. The van der Waals surface area contributed by atoms with E-state index in [1.807, 2.05) is 42.5 Å². The van der Waals surface area contributed by atoms with Crippen LogP contribution in [0.25, 0.3) is 22.4 Å². The molecule has 0 fully saturated rings. The van der Waals surface area contributed by atoms with E-state index in [9.17, 15) is 4.39 Å². The lowest BCUT2D eigenvalue weighted by molar-refractivity contribution is 0.477. The third-order valence-corrected chi connectivity index (χ3v) is 5.06. The summed E-state index contributed by atoms with van der Waals surface area (Å²) >= 11 is 0.